The summed E-state index contributed by atoms with van der Waals surface area (Å²) in [5.41, 5.74) is 0.0520. The third kappa shape index (κ3) is 4.34. The minimum Gasteiger partial charge on any atom is -0.489 e. The van der Waals surface area contributed by atoms with Crippen molar-refractivity contribution >= 4 is 17.3 Å². The average Bonchev–Trinajstić information content (AvgIpc) is 3.51. The van der Waals surface area contributed by atoms with E-state index < -0.39 is 47.1 Å². The third-order valence-electron chi connectivity index (χ3n) is 6.79. The van der Waals surface area contributed by atoms with Gasteiger partial charge >= 0.3 is 6.18 Å². The van der Waals surface area contributed by atoms with E-state index in [2.05, 4.69) is 15.4 Å². The summed E-state index contributed by atoms with van der Waals surface area (Å²) in [7, 11) is 0. The number of fused-ring (bicyclic) bond motifs is 2. The van der Waals surface area contributed by atoms with Crippen LogP contribution in [0, 0.1) is 5.82 Å². The molecule has 2 atom stereocenters. The zero-order valence-electron chi connectivity index (χ0n) is 20.3. The summed E-state index contributed by atoms with van der Waals surface area (Å²) < 4.78 is 64.0. The Balaban J connectivity index is 1.59. The summed E-state index contributed by atoms with van der Waals surface area (Å²) in [5, 5.41) is 17.2. The molecule has 9 nitrogen and oxygen atoms in total. The van der Waals surface area contributed by atoms with E-state index in [4.69, 9.17) is 10.5 Å². The van der Waals surface area contributed by atoms with Gasteiger partial charge in [-0.2, -0.15) is 18.3 Å². The van der Waals surface area contributed by atoms with E-state index in [0.29, 0.717) is 5.52 Å². The number of pyridine rings is 2. The van der Waals surface area contributed by atoms with Gasteiger partial charge in [0.25, 0.3) is 5.91 Å². The maximum absolute atomic E-state index is 14.5. The second-order valence-electron chi connectivity index (χ2n) is 9.38. The Hall–Kier alpha value is -4.52. The molecule has 39 heavy (non-hydrogen) atoms. The number of nitrogens with two attached hydrogens (primary N) is 1. The van der Waals surface area contributed by atoms with Crippen molar-refractivity contribution in [3.05, 3.63) is 83.6 Å². The molecule has 0 aliphatic carbocycles. The van der Waals surface area contributed by atoms with Crippen LogP contribution in [0.2, 0.25) is 0 Å². The standard InChI is InChI=1S/C26H21F4N5O4/c1-24(23(31)37)13-39-21-18(24)10-19(34-20(21)14-2-5-16(27)6-3-14)25(38,26(28,29)30)12-32-22(36)15-4-7-17-8-9-33-35(17)11-15/h2-11,38H,12-13H2,1H3,(H2,31,37)(H,32,36)/t24-,25?/m0/s1. The maximum Gasteiger partial charge on any atom is 0.424 e. The van der Waals surface area contributed by atoms with Crippen molar-refractivity contribution in [3.8, 4) is 17.0 Å². The highest BCUT2D eigenvalue weighted by Crippen LogP contribution is 2.47. The van der Waals surface area contributed by atoms with Crippen LogP contribution in [0.15, 0.2) is 60.9 Å². The van der Waals surface area contributed by atoms with Crippen LogP contribution >= 0.6 is 0 Å². The van der Waals surface area contributed by atoms with Gasteiger partial charge in [-0.3, -0.25) is 9.59 Å². The first kappa shape index (κ1) is 26.1. The van der Waals surface area contributed by atoms with Crippen LogP contribution in [0.25, 0.3) is 16.8 Å². The van der Waals surface area contributed by atoms with Crippen LogP contribution in [0.3, 0.4) is 0 Å². The number of carbonyl (C=O) groups is 2. The molecule has 1 aromatic carbocycles. The van der Waals surface area contributed by atoms with E-state index in [1.54, 1.807) is 12.1 Å². The number of halogens is 4. The molecule has 5 rings (SSSR count). The van der Waals surface area contributed by atoms with Gasteiger partial charge in [0, 0.05) is 23.5 Å². The Bertz CT molecular complexity index is 1600. The van der Waals surface area contributed by atoms with E-state index in [1.807, 2.05) is 0 Å². The van der Waals surface area contributed by atoms with Gasteiger partial charge in [-0.15, -0.1) is 0 Å². The quantitative estimate of drug-likeness (QED) is 0.321. The first-order valence-corrected chi connectivity index (χ1v) is 11.6. The van der Waals surface area contributed by atoms with Crippen LogP contribution in [0.4, 0.5) is 17.6 Å². The summed E-state index contributed by atoms with van der Waals surface area (Å²) in [6, 6.07) is 10.2. The van der Waals surface area contributed by atoms with Crippen molar-refractivity contribution < 1.29 is 37.0 Å². The molecule has 13 heteroatoms. The van der Waals surface area contributed by atoms with Crippen molar-refractivity contribution in [3.63, 3.8) is 0 Å². The highest BCUT2D eigenvalue weighted by molar-refractivity contribution is 5.94. The molecular weight excluding hydrogens is 522 g/mol. The largest absolute Gasteiger partial charge is 0.489 e. The lowest BCUT2D eigenvalue weighted by atomic mass is 9.81. The van der Waals surface area contributed by atoms with E-state index in [1.165, 1.54) is 42.0 Å². The third-order valence-corrected chi connectivity index (χ3v) is 6.79. The first-order valence-electron chi connectivity index (χ1n) is 11.6. The minimum atomic E-state index is -5.32. The van der Waals surface area contributed by atoms with Crippen molar-refractivity contribution in [2.75, 3.05) is 13.2 Å². The second kappa shape index (κ2) is 9.05. The number of ether oxygens (including phenoxy) is 1. The molecule has 4 N–H and O–H groups in total. The number of alkyl halides is 3. The van der Waals surface area contributed by atoms with Crippen molar-refractivity contribution in [1.29, 1.82) is 0 Å². The minimum absolute atomic E-state index is 0.000609. The topological polar surface area (TPSA) is 132 Å². The number of aromatic nitrogens is 3. The van der Waals surface area contributed by atoms with Gasteiger partial charge in [-0.1, -0.05) is 0 Å². The molecule has 1 unspecified atom stereocenters. The number of hydrogen-bond donors (Lipinski definition) is 3. The number of rotatable bonds is 6. The predicted octanol–water partition coefficient (Wildman–Crippen LogP) is 2.85. The van der Waals surface area contributed by atoms with Crippen molar-refractivity contribution in [2.24, 2.45) is 5.73 Å². The molecule has 0 bridgehead atoms. The van der Waals surface area contributed by atoms with Gasteiger partial charge in [0.2, 0.25) is 11.5 Å². The van der Waals surface area contributed by atoms with Gasteiger partial charge < -0.3 is 20.9 Å². The zero-order chi connectivity index (χ0) is 28.2. The van der Waals surface area contributed by atoms with E-state index >= 15 is 0 Å². The molecule has 2 amide bonds. The molecule has 1 aliphatic heterocycles. The number of amides is 2. The van der Waals surface area contributed by atoms with Gasteiger partial charge in [0.15, 0.2) is 0 Å². The Morgan fingerprint density at radius 1 is 1.18 bits per heavy atom. The number of hydrogen-bond acceptors (Lipinski definition) is 6. The normalized spacial score (nSPS) is 18.3. The summed E-state index contributed by atoms with van der Waals surface area (Å²) in [4.78, 5) is 29.1. The molecule has 0 saturated heterocycles. The summed E-state index contributed by atoms with van der Waals surface area (Å²) in [6.45, 7) is -0.206. The highest BCUT2D eigenvalue weighted by atomic mass is 19.4. The Kier molecular flexibility index (Phi) is 6.06. The van der Waals surface area contributed by atoms with Crippen LogP contribution in [-0.2, 0) is 15.8 Å². The molecule has 202 valence electrons. The fourth-order valence-corrected chi connectivity index (χ4v) is 4.30. The predicted molar refractivity (Wildman–Crippen MR) is 129 cm³/mol. The number of aliphatic hydroxyl groups is 1. The van der Waals surface area contributed by atoms with Crippen LogP contribution < -0.4 is 15.8 Å². The van der Waals surface area contributed by atoms with E-state index in [9.17, 15) is 32.3 Å². The van der Waals surface area contributed by atoms with Gasteiger partial charge in [0.1, 0.15) is 29.3 Å². The number of benzene rings is 1. The lowest BCUT2D eigenvalue weighted by molar-refractivity contribution is -0.265. The zero-order valence-corrected chi connectivity index (χ0v) is 20.3. The molecule has 0 fully saturated rings. The first-order chi connectivity index (χ1) is 18.3. The highest BCUT2D eigenvalue weighted by Gasteiger charge is 2.57. The lowest BCUT2D eigenvalue weighted by Crippen LogP contribution is -2.51. The van der Waals surface area contributed by atoms with Crippen LogP contribution in [0.5, 0.6) is 5.75 Å². The summed E-state index contributed by atoms with van der Waals surface area (Å²) in [5.74, 6) is -2.40. The fraction of sp³-hybridized carbons (Fsp3) is 0.231. The lowest BCUT2D eigenvalue weighted by Gasteiger charge is -2.31. The van der Waals surface area contributed by atoms with Crippen LogP contribution in [0.1, 0.15) is 28.5 Å². The second-order valence-corrected chi connectivity index (χ2v) is 9.38. The number of carbonyl (C=O) groups excluding carboxylic acids is 2. The molecule has 0 saturated carbocycles. The van der Waals surface area contributed by atoms with E-state index in [-0.39, 0.29) is 34.7 Å². The molecule has 4 aromatic rings. The molecular formula is C26H21F4N5O4. The molecule has 3 aromatic heterocycles. The molecule has 0 radical (unpaired) electrons. The van der Waals surface area contributed by atoms with Crippen molar-refractivity contribution in [1.82, 2.24) is 19.9 Å². The SMILES string of the molecule is C[C@]1(C(N)=O)COc2c1cc(C(O)(CNC(=O)c1ccc3ccnn3c1)C(F)(F)F)nc2-c1ccc(F)cc1. The Labute approximate surface area is 218 Å². The van der Waals surface area contributed by atoms with Gasteiger partial charge in [-0.05, 0) is 55.5 Å². The molecule has 1 aliphatic rings. The van der Waals surface area contributed by atoms with Crippen molar-refractivity contribution in [2.45, 2.75) is 24.1 Å². The molecule has 0 spiro atoms. The van der Waals surface area contributed by atoms with Crippen LogP contribution in [-0.4, -0.2) is 50.8 Å². The number of nitrogens with zero attached hydrogens (tertiary/aromatic N) is 3. The van der Waals surface area contributed by atoms with Gasteiger partial charge in [0.05, 0.1) is 23.3 Å². The maximum atomic E-state index is 14.5. The molecule has 4 heterocycles. The average molecular weight is 543 g/mol. The monoisotopic (exact) mass is 543 g/mol. The summed E-state index contributed by atoms with van der Waals surface area (Å²) >= 11 is 0. The number of nitrogens with one attached hydrogen (secondary N) is 1. The Morgan fingerprint density at radius 2 is 1.90 bits per heavy atom. The summed E-state index contributed by atoms with van der Waals surface area (Å²) in [6.07, 6.45) is -2.51. The fourth-order valence-electron chi connectivity index (χ4n) is 4.30. The van der Waals surface area contributed by atoms with Gasteiger partial charge in [-0.25, -0.2) is 13.9 Å². The number of primary amides is 1. The van der Waals surface area contributed by atoms with E-state index in [0.717, 1.165) is 18.2 Å². The smallest absolute Gasteiger partial charge is 0.424 e. The Morgan fingerprint density at radius 3 is 2.56 bits per heavy atom.